The standard InChI is InChI=1S/C12H27NO/c1-4-7-8-11-14-12-9-10-13(5-2)6-3/h4-12H2,1-3H3. The van der Waals surface area contributed by atoms with E-state index in [0.29, 0.717) is 0 Å². The van der Waals surface area contributed by atoms with Crippen LogP contribution in [0.4, 0.5) is 0 Å². The normalized spacial score (nSPS) is 11.1. The summed E-state index contributed by atoms with van der Waals surface area (Å²) in [7, 11) is 0. The van der Waals surface area contributed by atoms with E-state index in [1.807, 2.05) is 0 Å². The summed E-state index contributed by atoms with van der Waals surface area (Å²) in [6.07, 6.45) is 4.98. The summed E-state index contributed by atoms with van der Waals surface area (Å²) in [5, 5.41) is 0. The first-order chi connectivity index (χ1) is 6.85. The van der Waals surface area contributed by atoms with Crippen LogP contribution in [0.2, 0.25) is 0 Å². The molecular formula is C12H27NO. The predicted molar refractivity (Wildman–Crippen MR) is 62.7 cm³/mol. The molecule has 0 radical (unpaired) electrons. The second kappa shape index (κ2) is 11.0. The molecule has 2 nitrogen and oxygen atoms in total. The van der Waals surface area contributed by atoms with Gasteiger partial charge in [-0.2, -0.15) is 0 Å². The van der Waals surface area contributed by atoms with Gasteiger partial charge in [-0.05, 0) is 25.9 Å². The van der Waals surface area contributed by atoms with Crippen molar-refractivity contribution in [3.8, 4) is 0 Å². The van der Waals surface area contributed by atoms with Crippen LogP contribution < -0.4 is 0 Å². The topological polar surface area (TPSA) is 12.5 Å². The SMILES string of the molecule is CCCCCOCCCN(CC)CC. The number of ether oxygens (including phenoxy) is 1. The van der Waals surface area contributed by atoms with Crippen LogP contribution in [0.3, 0.4) is 0 Å². The van der Waals surface area contributed by atoms with Gasteiger partial charge in [0.05, 0.1) is 0 Å². The Kier molecular flexibility index (Phi) is 10.9. The lowest BCUT2D eigenvalue weighted by Gasteiger charge is -2.17. The monoisotopic (exact) mass is 201 g/mol. The lowest BCUT2D eigenvalue weighted by atomic mass is 10.3. The quantitative estimate of drug-likeness (QED) is 0.504. The highest BCUT2D eigenvalue weighted by Crippen LogP contribution is 1.96. The van der Waals surface area contributed by atoms with E-state index >= 15 is 0 Å². The Bertz CT molecular complexity index is 102. The van der Waals surface area contributed by atoms with Crippen molar-refractivity contribution < 1.29 is 4.74 Å². The Morgan fingerprint density at radius 2 is 1.50 bits per heavy atom. The second-order valence-corrected chi connectivity index (χ2v) is 3.70. The molecule has 0 heterocycles. The van der Waals surface area contributed by atoms with Crippen molar-refractivity contribution in [1.82, 2.24) is 4.90 Å². The molecule has 0 saturated carbocycles. The van der Waals surface area contributed by atoms with E-state index in [1.165, 1.54) is 32.2 Å². The van der Waals surface area contributed by atoms with Crippen LogP contribution in [0.1, 0.15) is 46.5 Å². The first-order valence-corrected chi connectivity index (χ1v) is 6.15. The Balaban J connectivity index is 3.04. The fraction of sp³-hybridized carbons (Fsp3) is 1.00. The molecule has 0 atom stereocenters. The van der Waals surface area contributed by atoms with Gasteiger partial charge in [-0.15, -0.1) is 0 Å². The molecule has 0 rings (SSSR count). The van der Waals surface area contributed by atoms with Crippen LogP contribution in [0.25, 0.3) is 0 Å². The molecule has 0 aromatic carbocycles. The highest BCUT2D eigenvalue weighted by Gasteiger charge is 1.97. The highest BCUT2D eigenvalue weighted by molar-refractivity contribution is 4.51. The van der Waals surface area contributed by atoms with E-state index in [0.717, 1.165) is 26.3 Å². The lowest BCUT2D eigenvalue weighted by Crippen LogP contribution is -2.24. The zero-order chi connectivity index (χ0) is 10.6. The molecule has 0 aliphatic carbocycles. The van der Waals surface area contributed by atoms with Crippen LogP contribution >= 0.6 is 0 Å². The maximum absolute atomic E-state index is 5.55. The molecule has 0 bridgehead atoms. The number of unbranched alkanes of at least 4 members (excludes halogenated alkanes) is 2. The molecule has 0 saturated heterocycles. The predicted octanol–water partition coefficient (Wildman–Crippen LogP) is 2.93. The molecule has 0 aliphatic heterocycles. The molecule has 0 amide bonds. The van der Waals surface area contributed by atoms with E-state index < -0.39 is 0 Å². The van der Waals surface area contributed by atoms with Gasteiger partial charge in [-0.3, -0.25) is 0 Å². The van der Waals surface area contributed by atoms with Crippen LogP contribution in [-0.4, -0.2) is 37.7 Å². The van der Waals surface area contributed by atoms with Gasteiger partial charge < -0.3 is 9.64 Å². The molecule has 0 aromatic heterocycles. The summed E-state index contributed by atoms with van der Waals surface area (Å²) in [4.78, 5) is 2.44. The molecule has 86 valence electrons. The average molecular weight is 201 g/mol. The fourth-order valence-corrected chi connectivity index (χ4v) is 1.49. The van der Waals surface area contributed by atoms with Crippen molar-refractivity contribution in [2.24, 2.45) is 0 Å². The first kappa shape index (κ1) is 13.9. The molecule has 0 N–H and O–H groups in total. The number of nitrogens with zero attached hydrogens (tertiary/aromatic N) is 1. The number of hydrogen-bond acceptors (Lipinski definition) is 2. The van der Waals surface area contributed by atoms with Crippen LogP contribution in [-0.2, 0) is 4.74 Å². The Morgan fingerprint density at radius 1 is 0.857 bits per heavy atom. The zero-order valence-electron chi connectivity index (χ0n) is 10.2. The van der Waals surface area contributed by atoms with Crippen molar-refractivity contribution in [3.05, 3.63) is 0 Å². The van der Waals surface area contributed by atoms with E-state index in [-0.39, 0.29) is 0 Å². The van der Waals surface area contributed by atoms with Gasteiger partial charge in [0.2, 0.25) is 0 Å². The summed E-state index contributed by atoms with van der Waals surface area (Å²) in [6.45, 7) is 12.0. The summed E-state index contributed by atoms with van der Waals surface area (Å²) < 4.78 is 5.55. The van der Waals surface area contributed by atoms with E-state index in [1.54, 1.807) is 0 Å². The number of hydrogen-bond donors (Lipinski definition) is 0. The van der Waals surface area contributed by atoms with Gasteiger partial charge >= 0.3 is 0 Å². The van der Waals surface area contributed by atoms with E-state index in [9.17, 15) is 0 Å². The van der Waals surface area contributed by atoms with E-state index in [4.69, 9.17) is 4.74 Å². The van der Waals surface area contributed by atoms with Gasteiger partial charge in [-0.1, -0.05) is 33.6 Å². The summed E-state index contributed by atoms with van der Waals surface area (Å²) in [6, 6.07) is 0. The molecule has 0 spiro atoms. The molecule has 0 fully saturated rings. The van der Waals surface area contributed by atoms with Crippen LogP contribution in [0.5, 0.6) is 0 Å². The Labute approximate surface area is 89.6 Å². The lowest BCUT2D eigenvalue weighted by molar-refractivity contribution is 0.118. The molecule has 0 aromatic rings. The smallest absolute Gasteiger partial charge is 0.0478 e. The molecule has 0 aliphatic rings. The third kappa shape index (κ3) is 8.52. The number of rotatable bonds is 10. The van der Waals surface area contributed by atoms with Crippen molar-refractivity contribution in [1.29, 1.82) is 0 Å². The molecule has 2 heteroatoms. The third-order valence-corrected chi connectivity index (χ3v) is 2.55. The highest BCUT2D eigenvalue weighted by atomic mass is 16.5. The third-order valence-electron chi connectivity index (χ3n) is 2.55. The minimum absolute atomic E-state index is 0.931. The summed E-state index contributed by atoms with van der Waals surface area (Å²) in [5.74, 6) is 0. The Morgan fingerprint density at radius 3 is 2.07 bits per heavy atom. The van der Waals surface area contributed by atoms with Crippen LogP contribution in [0, 0.1) is 0 Å². The molecular weight excluding hydrogens is 174 g/mol. The van der Waals surface area contributed by atoms with Crippen LogP contribution in [0.15, 0.2) is 0 Å². The fourth-order valence-electron chi connectivity index (χ4n) is 1.49. The zero-order valence-corrected chi connectivity index (χ0v) is 10.2. The van der Waals surface area contributed by atoms with Crippen molar-refractivity contribution >= 4 is 0 Å². The van der Waals surface area contributed by atoms with Gasteiger partial charge in [0.1, 0.15) is 0 Å². The van der Waals surface area contributed by atoms with Crippen molar-refractivity contribution in [3.63, 3.8) is 0 Å². The average Bonchev–Trinajstić information content (AvgIpc) is 2.22. The van der Waals surface area contributed by atoms with Crippen molar-refractivity contribution in [2.45, 2.75) is 46.5 Å². The maximum Gasteiger partial charge on any atom is 0.0478 e. The second-order valence-electron chi connectivity index (χ2n) is 3.70. The van der Waals surface area contributed by atoms with Gasteiger partial charge in [0.15, 0.2) is 0 Å². The van der Waals surface area contributed by atoms with Crippen molar-refractivity contribution in [2.75, 3.05) is 32.8 Å². The maximum atomic E-state index is 5.55. The summed E-state index contributed by atoms with van der Waals surface area (Å²) >= 11 is 0. The largest absolute Gasteiger partial charge is 0.381 e. The van der Waals surface area contributed by atoms with E-state index in [2.05, 4.69) is 25.7 Å². The first-order valence-electron chi connectivity index (χ1n) is 6.15. The van der Waals surface area contributed by atoms with Gasteiger partial charge in [0.25, 0.3) is 0 Å². The minimum atomic E-state index is 0.931. The van der Waals surface area contributed by atoms with Gasteiger partial charge in [0, 0.05) is 19.8 Å². The van der Waals surface area contributed by atoms with Gasteiger partial charge in [-0.25, -0.2) is 0 Å². The molecule has 14 heavy (non-hydrogen) atoms. The minimum Gasteiger partial charge on any atom is -0.381 e. The Hall–Kier alpha value is -0.0800. The molecule has 0 unspecified atom stereocenters. The summed E-state index contributed by atoms with van der Waals surface area (Å²) in [5.41, 5.74) is 0.